The van der Waals surface area contributed by atoms with Gasteiger partial charge in [0, 0.05) is 18.0 Å². The molecule has 0 spiro atoms. The minimum Gasteiger partial charge on any atom is -0.264 e. The summed E-state index contributed by atoms with van der Waals surface area (Å²) in [5.41, 5.74) is 0.563. The lowest BCUT2D eigenvalue weighted by Crippen LogP contribution is -1.92. The second-order valence-electron chi connectivity index (χ2n) is 2.12. The van der Waals surface area contributed by atoms with Crippen molar-refractivity contribution in [2.45, 2.75) is 4.90 Å². The van der Waals surface area contributed by atoms with Gasteiger partial charge < -0.3 is 0 Å². The number of sulfonamides is 1. The van der Waals surface area contributed by atoms with E-state index in [1.165, 1.54) is 24.7 Å². The van der Waals surface area contributed by atoms with Gasteiger partial charge in [-0.2, -0.15) is 12.8 Å². The maximum absolute atomic E-state index is 11.0. The molecule has 1 aromatic rings. The number of fused-ring (bicyclic) bond motifs is 1. The Morgan fingerprint density at radius 1 is 1.36 bits per heavy atom. The molecule has 0 radical (unpaired) electrons. The largest absolute Gasteiger partial charge is 0.283 e. The van der Waals surface area contributed by atoms with Crippen LogP contribution in [0.1, 0.15) is 5.56 Å². The van der Waals surface area contributed by atoms with Crippen molar-refractivity contribution in [1.82, 2.24) is 4.98 Å². The molecule has 0 saturated heterocycles. The van der Waals surface area contributed by atoms with Crippen LogP contribution in [0.15, 0.2) is 27.8 Å². The molecule has 0 atom stereocenters. The quantitative estimate of drug-likeness (QED) is 0.556. The number of hydrogen-bond donors (Lipinski definition) is 0. The van der Waals surface area contributed by atoms with Crippen molar-refractivity contribution < 1.29 is 8.42 Å². The van der Waals surface area contributed by atoms with Crippen LogP contribution < -0.4 is 0 Å². The molecule has 1 aromatic heterocycles. The van der Waals surface area contributed by atoms with Gasteiger partial charge in [-0.05, 0) is 6.07 Å². The number of aromatic nitrogens is 1. The number of nitrogens with zero attached hydrogens (tertiary/aromatic N) is 2. The van der Waals surface area contributed by atoms with Crippen molar-refractivity contribution in [3.8, 4) is 0 Å². The molecular weight excluding hydrogens is 164 g/mol. The number of rotatable bonds is 0. The zero-order valence-corrected chi connectivity index (χ0v) is 6.25. The molecule has 0 amide bonds. The fourth-order valence-electron chi connectivity index (χ4n) is 0.909. The number of pyridine rings is 1. The summed E-state index contributed by atoms with van der Waals surface area (Å²) in [5.74, 6) is 0. The van der Waals surface area contributed by atoms with Gasteiger partial charge in [0.1, 0.15) is 4.90 Å². The molecular formula is C6H4N2O2S. The monoisotopic (exact) mass is 168 g/mol. The minimum absolute atomic E-state index is 0.243. The minimum atomic E-state index is -3.38. The Balaban J connectivity index is 2.84. The summed E-state index contributed by atoms with van der Waals surface area (Å²) >= 11 is 0. The van der Waals surface area contributed by atoms with E-state index in [1.54, 1.807) is 0 Å². The van der Waals surface area contributed by atoms with Crippen LogP contribution in [0.3, 0.4) is 0 Å². The predicted octanol–water partition coefficient (Wildman–Crippen LogP) is 0.203. The first kappa shape index (κ1) is 6.48. The Morgan fingerprint density at radius 3 is 2.91 bits per heavy atom. The Bertz CT molecular complexity index is 422. The highest BCUT2D eigenvalue weighted by Gasteiger charge is 2.20. The van der Waals surface area contributed by atoms with Gasteiger partial charge in [0.15, 0.2) is 0 Å². The van der Waals surface area contributed by atoms with Crippen LogP contribution >= 0.6 is 0 Å². The van der Waals surface area contributed by atoms with Crippen LogP contribution in [0.4, 0.5) is 0 Å². The lowest BCUT2D eigenvalue weighted by atomic mass is 10.3. The first-order chi connectivity index (χ1) is 5.20. The summed E-state index contributed by atoms with van der Waals surface area (Å²) in [7, 11) is -3.38. The predicted molar refractivity (Wildman–Crippen MR) is 39.0 cm³/mol. The average molecular weight is 168 g/mol. The third-order valence-corrected chi connectivity index (χ3v) is 2.73. The Hall–Kier alpha value is -1.23. The van der Waals surface area contributed by atoms with Crippen molar-refractivity contribution in [3.05, 3.63) is 24.0 Å². The Morgan fingerprint density at radius 2 is 2.18 bits per heavy atom. The fraction of sp³-hybridized carbons (Fsp3) is 0. The van der Waals surface area contributed by atoms with Gasteiger partial charge in [0.2, 0.25) is 0 Å². The van der Waals surface area contributed by atoms with Gasteiger partial charge in [-0.3, -0.25) is 4.98 Å². The van der Waals surface area contributed by atoms with E-state index in [-0.39, 0.29) is 4.90 Å². The van der Waals surface area contributed by atoms with Gasteiger partial charge in [0.05, 0.1) is 6.21 Å². The third-order valence-electron chi connectivity index (χ3n) is 1.42. The van der Waals surface area contributed by atoms with Crippen molar-refractivity contribution in [2.75, 3.05) is 0 Å². The van der Waals surface area contributed by atoms with E-state index in [0.717, 1.165) is 0 Å². The molecule has 0 bridgehead atoms. The summed E-state index contributed by atoms with van der Waals surface area (Å²) in [4.78, 5) is 4.01. The van der Waals surface area contributed by atoms with Gasteiger partial charge in [0.25, 0.3) is 10.0 Å². The van der Waals surface area contributed by atoms with E-state index in [2.05, 4.69) is 9.38 Å². The first-order valence-corrected chi connectivity index (χ1v) is 4.38. The topological polar surface area (TPSA) is 59.4 Å². The van der Waals surface area contributed by atoms with Gasteiger partial charge in [-0.1, -0.05) is 0 Å². The normalized spacial score (nSPS) is 18.2. The maximum Gasteiger partial charge on any atom is 0.283 e. The average Bonchev–Trinajstić information content (AvgIpc) is 2.29. The molecule has 1 aliphatic rings. The molecule has 56 valence electrons. The van der Waals surface area contributed by atoms with E-state index in [4.69, 9.17) is 0 Å². The SMILES string of the molecule is O=S1(=O)N=Cc2cnccc21. The second kappa shape index (κ2) is 1.88. The highest BCUT2D eigenvalue weighted by Crippen LogP contribution is 2.20. The van der Waals surface area contributed by atoms with Crippen LogP contribution in [0, 0.1) is 0 Å². The molecule has 4 nitrogen and oxygen atoms in total. The molecule has 1 aliphatic heterocycles. The van der Waals surface area contributed by atoms with E-state index in [1.807, 2.05) is 0 Å². The van der Waals surface area contributed by atoms with Crippen molar-refractivity contribution in [1.29, 1.82) is 0 Å². The van der Waals surface area contributed by atoms with Crippen LogP contribution in [-0.4, -0.2) is 19.6 Å². The van der Waals surface area contributed by atoms with Gasteiger partial charge in [-0.15, -0.1) is 0 Å². The zero-order valence-electron chi connectivity index (χ0n) is 5.43. The molecule has 0 aromatic carbocycles. The number of hydrogen-bond acceptors (Lipinski definition) is 3. The second-order valence-corrected chi connectivity index (χ2v) is 3.72. The molecule has 0 N–H and O–H groups in total. The van der Waals surface area contributed by atoms with Crippen molar-refractivity contribution in [3.63, 3.8) is 0 Å². The van der Waals surface area contributed by atoms with Crippen LogP contribution in [0.25, 0.3) is 0 Å². The Labute approximate surface area is 63.7 Å². The van der Waals surface area contributed by atoms with Crippen molar-refractivity contribution in [2.24, 2.45) is 4.40 Å². The van der Waals surface area contributed by atoms with Gasteiger partial charge >= 0.3 is 0 Å². The molecule has 2 heterocycles. The summed E-state index contributed by atoms with van der Waals surface area (Å²) in [6, 6.07) is 1.44. The smallest absolute Gasteiger partial charge is 0.264 e. The molecule has 5 heteroatoms. The molecule has 0 saturated carbocycles. The standard InChI is InChI=1S/C6H4N2O2S/c9-11(10)6-1-2-7-3-5(6)4-8-11/h1-4H. The van der Waals surface area contributed by atoms with Crippen LogP contribution in [0.2, 0.25) is 0 Å². The van der Waals surface area contributed by atoms with Crippen LogP contribution in [-0.2, 0) is 10.0 Å². The lowest BCUT2D eigenvalue weighted by molar-refractivity contribution is 0.599. The summed E-state index contributed by atoms with van der Waals surface area (Å²) in [5, 5.41) is 0. The van der Waals surface area contributed by atoms with Crippen molar-refractivity contribution >= 4 is 16.2 Å². The molecule has 11 heavy (non-hydrogen) atoms. The molecule has 2 rings (SSSR count). The summed E-state index contributed by atoms with van der Waals surface area (Å²) in [6.45, 7) is 0. The lowest BCUT2D eigenvalue weighted by Gasteiger charge is -1.91. The molecule has 0 unspecified atom stereocenters. The fourth-order valence-corrected chi connectivity index (χ4v) is 1.91. The first-order valence-electron chi connectivity index (χ1n) is 2.94. The highest BCUT2D eigenvalue weighted by atomic mass is 32.2. The van der Waals surface area contributed by atoms with Gasteiger partial charge in [-0.25, -0.2) is 0 Å². The van der Waals surface area contributed by atoms with E-state index in [0.29, 0.717) is 5.56 Å². The molecule has 0 aliphatic carbocycles. The van der Waals surface area contributed by atoms with E-state index in [9.17, 15) is 8.42 Å². The third kappa shape index (κ3) is 0.848. The zero-order chi connectivity index (χ0) is 7.90. The Kier molecular flexibility index (Phi) is 1.11. The summed E-state index contributed by atoms with van der Waals surface area (Å²) < 4.78 is 25.4. The van der Waals surface area contributed by atoms with E-state index >= 15 is 0 Å². The highest BCUT2D eigenvalue weighted by molar-refractivity contribution is 7.90. The van der Waals surface area contributed by atoms with E-state index < -0.39 is 10.0 Å². The molecule has 0 fully saturated rings. The maximum atomic E-state index is 11.0. The van der Waals surface area contributed by atoms with Crippen LogP contribution in [0.5, 0.6) is 0 Å². The summed E-state index contributed by atoms with van der Waals surface area (Å²) in [6.07, 6.45) is 4.21.